The van der Waals surface area contributed by atoms with Crippen molar-refractivity contribution in [2.24, 2.45) is 5.92 Å². The summed E-state index contributed by atoms with van der Waals surface area (Å²) in [7, 11) is 5.26. The van der Waals surface area contributed by atoms with Gasteiger partial charge in [0.15, 0.2) is 5.60 Å². The number of carbonyl (C=O) groups is 2. The molecule has 0 spiro atoms. The lowest BCUT2D eigenvalue weighted by molar-refractivity contribution is -0.153. The summed E-state index contributed by atoms with van der Waals surface area (Å²) < 4.78 is 6.06. The summed E-state index contributed by atoms with van der Waals surface area (Å²) >= 11 is 12.8. The van der Waals surface area contributed by atoms with Crippen LogP contribution < -0.4 is 4.90 Å². The minimum absolute atomic E-state index is 0.00734. The first kappa shape index (κ1) is 27.7. The van der Waals surface area contributed by atoms with Crippen molar-refractivity contribution in [2.75, 3.05) is 52.3 Å². The molecule has 0 aliphatic carbocycles. The van der Waals surface area contributed by atoms with Crippen molar-refractivity contribution in [3.8, 4) is 0 Å². The van der Waals surface area contributed by atoms with Gasteiger partial charge in [0.1, 0.15) is 11.0 Å². The van der Waals surface area contributed by atoms with E-state index in [-0.39, 0.29) is 17.0 Å². The van der Waals surface area contributed by atoms with Gasteiger partial charge in [-0.2, -0.15) is 0 Å². The van der Waals surface area contributed by atoms with E-state index in [0.717, 1.165) is 56.6 Å². The number of amides is 2. The number of aromatic nitrogens is 1. The van der Waals surface area contributed by atoms with Crippen molar-refractivity contribution >= 4 is 40.8 Å². The zero-order chi connectivity index (χ0) is 26.6. The van der Waals surface area contributed by atoms with Crippen LogP contribution in [0.1, 0.15) is 54.4 Å². The number of hydrogen-bond donors (Lipinski definition) is 0. The van der Waals surface area contributed by atoms with E-state index < -0.39 is 5.60 Å². The van der Waals surface area contributed by atoms with E-state index in [1.165, 1.54) is 4.90 Å². The van der Waals surface area contributed by atoms with Crippen LogP contribution in [0.25, 0.3) is 0 Å². The van der Waals surface area contributed by atoms with Gasteiger partial charge in [-0.15, -0.1) is 0 Å². The number of halogens is 2. The monoisotopic (exact) mass is 546 g/mol. The number of anilines is 1. The number of carbonyl (C=O) groups excluding carboxylic acids is 2. The Bertz CT molecular complexity index is 1110. The number of hydrogen-bond acceptors (Lipinski definition) is 5. The van der Waals surface area contributed by atoms with Gasteiger partial charge in [0.2, 0.25) is 0 Å². The summed E-state index contributed by atoms with van der Waals surface area (Å²) in [4.78, 5) is 35.8. The van der Waals surface area contributed by atoms with Crippen molar-refractivity contribution in [3.63, 3.8) is 0 Å². The van der Waals surface area contributed by atoms with Crippen molar-refractivity contribution in [3.05, 3.63) is 57.7 Å². The maximum absolute atomic E-state index is 13.5. The second kappa shape index (κ2) is 12.0. The van der Waals surface area contributed by atoms with Crippen molar-refractivity contribution in [1.82, 2.24) is 14.8 Å². The molecule has 0 saturated carbocycles. The molecule has 4 rings (SSSR count). The third kappa shape index (κ3) is 6.05. The maximum atomic E-state index is 13.5. The molecule has 37 heavy (non-hydrogen) atoms. The number of pyridine rings is 1. The lowest BCUT2D eigenvalue weighted by atomic mass is 9.88. The van der Waals surface area contributed by atoms with E-state index in [1.54, 1.807) is 20.2 Å². The second-order valence-corrected chi connectivity index (χ2v) is 11.0. The lowest BCUT2D eigenvalue weighted by Crippen LogP contribution is -2.45. The van der Waals surface area contributed by atoms with Gasteiger partial charge >= 0.3 is 0 Å². The average Bonchev–Trinajstić information content (AvgIpc) is 3.39. The molecule has 2 aromatic rings. The fraction of sp³-hybridized carbons (Fsp3) is 0.536. The highest BCUT2D eigenvalue weighted by atomic mass is 35.5. The molecule has 1 aromatic heterocycles. The van der Waals surface area contributed by atoms with E-state index in [1.807, 2.05) is 42.3 Å². The van der Waals surface area contributed by atoms with Gasteiger partial charge in [-0.05, 0) is 62.6 Å². The molecule has 9 heteroatoms. The molecule has 0 bridgehead atoms. The lowest BCUT2D eigenvalue weighted by Gasteiger charge is -2.34. The first-order valence-electron chi connectivity index (χ1n) is 13.0. The summed E-state index contributed by atoms with van der Waals surface area (Å²) in [6.07, 6.45) is 5.62. The van der Waals surface area contributed by atoms with E-state index in [2.05, 4.69) is 9.88 Å². The molecule has 7 nitrogen and oxygen atoms in total. The predicted molar refractivity (Wildman–Crippen MR) is 147 cm³/mol. The van der Waals surface area contributed by atoms with Crippen LogP contribution in [-0.2, 0) is 15.1 Å². The number of ether oxygens (including phenoxy) is 1. The highest BCUT2D eigenvalue weighted by Gasteiger charge is 2.47. The Morgan fingerprint density at radius 2 is 1.84 bits per heavy atom. The Kier molecular flexibility index (Phi) is 8.98. The molecule has 2 fully saturated rings. The summed E-state index contributed by atoms with van der Waals surface area (Å²) in [5, 5.41) is 0.819. The molecule has 3 heterocycles. The van der Waals surface area contributed by atoms with Gasteiger partial charge in [0.05, 0.1) is 5.56 Å². The van der Waals surface area contributed by atoms with Gasteiger partial charge in [-0.25, -0.2) is 4.98 Å². The van der Waals surface area contributed by atoms with Crippen LogP contribution in [0.4, 0.5) is 5.82 Å². The molecule has 200 valence electrons. The number of benzene rings is 1. The number of piperidine rings is 1. The molecule has 0 N–H and O–H groups in total. The number of likely N-dealkylation sites (N-methyl/N-ethyl adjacent to an activating group) is 1. The van der Waals surface area contributed by atoms with E-state index in [9.17, 15) is 9.59 Å². The normalized spacial score (nSPS) is 20.2. The zero-order valence-corrected chi connectivity index (χ0v) is 23.4. The standard InChI is InChI=1S/C28H36Cl2N4O3/c1-32(2)26(35)21-11-12-24(31-25(21)30)34-17-13-20(14-18-34)8-6-16-33(3)27(36)28(15-7-19-37-28)22-9-4-5-10-23(22)29/h4-5,9-12,20H,6-8,13-19H2,1-3H3/t28-/m0/s1. The summed E-state index contributed by atoms with van der Waals surface area (Å²) in [6.45, 7) is 3.05. The van der Waals surface area contributed by atoms with Crippen LogP contribution in [0.5, 0.6) is 0 Å². The van der Waals surface area contributed by atoms with Crippen LogP contribution in [0.2, 0.25) is 10.2 Å². The van der Waals surface area contributed by atoms with Gasteiger partial charge in [0.25, 0.3) is 11.8 Å². The van der Waals surface area contributed by atoms with Crippen LogP contribution in [0.3, 0.4) is 0 Å². The molecule has 1 aromatic carbocycles. The largest absolute Gasteiger partial charge is 0.360 e. The highest BCUT2D eigenvalue weighted by Crippen LogP contribution is 2.41. The third-order valence-corrected chi connectivity index (χ3v) is 8.16. The molecule has 0 unspecified atom stereocenters. The molecular weight excluding hydrogens is 511 g/mol. The van der Waals surface area contributed by atoms with Crippen molar-refractivity contribution in [1.29, 1.82) is 0 Å². The number of nitrogens with zero attached hydrogens (tertiary/aromatic N) is 4. The van der Waals surface area contributed by atoms with E-state index in [0.29, 0.717) is 36.1 Å². The third-order valence-electron chi connectivity index (χ3n) is 7.54. The first-order valence-corrected chi connectivity index (χ1v) is 13.8. The average molecular weight is 548 g/mol. The predicted octanol–water partition coefficient (Wildman–Crippen LogP) is 5.25. The second-order valence-electron chi connectivity index (χ2n) is 10.3. The molecular formula is C28H36Cl2N4O3. The Balaban J connectivity index is 1.27. The van der Waals surface area contributed by atoms with Crippen LogP contribution in [-0.4, -0.2) is 74.0 Å². The van der Waals surface area contributed by atoms with Crippen LogP contribution >= 0.6 is 23.2 Å². The fourth-order valence-electron chi connectivity index (χ4n) is 5.40. The number of rotatable bonds is 8. The van der Waals surface area contributed by atoms with Crippen LogP contribution in [0, 0.1) is 5.92 Å². The van der Waals surface area contributed by atoms with E-state index in [4.69, 9.17) is 27.9 Å². The maximum Gasteiger partial charge on any atom is 0.259 e. The zero-order valence-electron chi connectivity index (χ0n) is 21.9. The summed E-state index contributed by atoms with van der Waals surface area (Å²) in [5.74, 6) is 1.26. The van der Waals surface area contributed by atoms with Gasteiger partial charge in [0, 0.05) is 58.0 Å². The van der Waals surface area contributed by atoms with Gasteiger partial charge < -0.3 is 19.4 Å². The van der Waals surface area contributed by atoms with Gasteiger partial charge in [-0.3, -0.25) is 9.59 Å². The van der Waals surface area contributed by atoms with E-state index >= 15 is 0 Å². The molecule has 2 saturated heterocycles. The fourth-order valence-corrected chi connectivity index (χ4v) is 5.92. The highest BCUT2D eigenvalue weighted by molar-refractivity contribution is 6.32. The molecule has 1 atom stereocenters. The van der Waals surface area contributed by atoms with Crippen molar-refractivity contribution < 1.29 is 14.3 Å². The smallest absolute Gasteiger partial charge is 0.259 e. The Morgan fingerprint density at radius 3 is 2.46 bits per heavy atom. The molecule has 2 amide bonds. The Labute approximate surface area is 229 Å². The molecule has 0 radical (unpaired) electrons. The van der Waals surface area contributed by atoms with Crippen LogP contribution in [0.15, 0.2) is 36.4 Å². The Morgan fingerprint density at radius 1 is 1.11 bits per heavy atom. The summed E-state index contributed by atoms with van der Waals surface area (Å²) in [5.41, 5.74) is 0.217. The van der Waals surface area contributed by atoms with Gasteiger partial charge in [-0.1, -0.05) is 41.4 Å². The quantitative estimate of drug-likeness (QED) is 0.423. The van der Waals surface area contributed by atoms with Crippen molar-refractivity contribution in [2.45, 2.75) is 44.1 Å². The molecule has 2 aliphatic rings. The summed E-state index contributed by atoms with van der Waals surface area (Å²) in [6, 6.07) is 11.1. The Hall–Kier alpha value is -2.35. The minimum Gasteiger partial charge on any atom is -0.360 e. The first-order chi connectivity index (χ1) is 17.7. The SMILES string of the molecule is CN(C)C(=O)c1ccc(N2CCC(CCCN(C)C(=O)[C@@]3(c4ccccc4Cl)CCCO3)CC2)nc1Cl. The topological polar surface area (TPSA) is 66.0 Å². The minimum atomic E-state index is -0.973. The molecule has 2 aliphatic heterocycles.